The van der Waals surface area contributed by atoms with Crippen LogP contribution in [0.15, 0.2) is 42.0 Å². The van der Waals surface area contributed by atoms with Crippen molar-refractivity contribution >= 4 is 28.5 Å². The van der Waals surface area contributed by atoms with Crippen molar-refractivity contribution in [1.29, 1.82) is 0 Å². The van der Waals surface area contributed by atoms with E-state index in [9.17, 15) is 9.59 Å². The second-order valence-electron chi connectivity index (χ2n) is 12.5. The average molecular weight is 469 g/mol. The zero-order chi connectivity index (χ0) is 23.0. The fourth-order valence-corrected chi connectivity index (χ4v) is 11.7. The van der Waals surface area contributed by atoms with Crippen molar-refractivity contribution in [3.8, 4) is 10.4 Å². The predicted molar refractivity (Wildman–Crippen MR) is 135 cm³/mol. The van der Waals surface area contributed by atoms with Gasteiger partial charge in [-0.2, -0.15) is 0 Å². The van der Waals surface area contributed by atoms with Gasteiger partial charge >= 0.3 is 0 Å². The summed E-state index contributed by atoms with van der Waals surface area (Å²) < 4.78 is 0. The molecule has 1 aromatic heterocycles. The number of benzene rings is 1. The van der Waals surface area contributed by atoms with Crippen molar-refractivity contribution in [2.75, 3.05) is 0 Å². The minimum absolute atomic E-state index is 0.151. The Hall–Kier alpha value is -2.00. The molecule has 34 heavy (non-hydrogen) atoms. The fraction of sp³-hybridized carbons (Fsp3) is 0.548. The maximum Gasteiger partial charge on any atom is 0.156 e. The van der Waals surface area contributed by atoms with E-state index in [1.165, 1.54) is 58.6 Å². The molecule has 0 saturated heterocycles. The van der Waals surface area contributed by atoms with Gasteiger partial charge in [-0.05, 0) is 117 Å². The highest BCUT2D eigenvalue weighted by Gasteiger charge is 2.76. The molecule has 3 heteroatoms. The van der Waals surface area contributed by atoms with E-state index < -0.39 is 0 Å². The van der Waals surface area contributed by atoms with Gasteiger partial charge in [-0.3, -0.25) is 9.59 Å². The fourth-order valence-electron chi connectivity index (χ4n) is 10.1. The Bertz CT molecular complexity index is 1270. The van der Waals surface area contributed by atoms with Crippen LogP contribution >= 0.6 is 11.3 Å². The number of allylic oxidation sites excluding steroid dienone is 2. The second-order valence-corrected chi connectivity index (χ2v) is 13.5. The van der Waals surface area contributed by atoms with Crippen molar-refractivity contribution in [3.63, 3.8) is 0 Å². The Labute approximate surface area is 205 Å². The summed E-state index contributed by atoms with van der Waals surface area (Å²) in [5, 5.41) is 0. The van der Waals surface area contributed by atoms with E-state index in [2.05, 4.69) is 36.4 Å². The Morgan fingerprint density at radius 2 is 1.56 bits per heavy atom. The lowest BCUT2D eigenvalue weighted by atomic mass is 9.48. The van der Waals surface area contributed by atoms with E-state index in [0.29, 0.717) is 23.2 Å². The maximum absolute atomic E-state index is 13.7. The third-order valence-corrected chi connectivity index (χ3v) is 12.6. The van der Waals surface area contributed by atoms with Gasteiger partial charge in [0.05, 0.1) is 5.92 Å². The highest BCUT2D eigenvalue weighted by atomic mass is 32.1. The summed E-state index contributed by atoms with van der Waals surface area (Å²) in [5.41, 5.74) is 5.21. The van der Waals surface area contributed by atoms with Gasteiger partial charge in [0.15, 0.2) is 5.78 Å². The van der Waals surface area contributed by atoms with Gasteiger partial charge in [0.2, 0.25) is 0 Å². The van der Waals surface area contributed by atoms with Gasteiger partial charge < -0.3 is 0 Å². The zero-order valence-electron chi connectivity index (χ0n) is 20.1. The van der Waals surface area contributed by atoms with E-state index in [1.54, 1.807) is 13.8 Å². The van der Waals surface area contributed by atoms with Crippen LogP contribution in [0.2, 0.25) is 0 Å². The van der Waals surface area contributed by atoms with Crippen LogP contribution in [0.3, 0.4) is 0 Å². The molecule has 0 aliphatic heterocycles. The topological polar surface area (TPSA) is 34.1 Å². The molecule has 174 valence electrons. The quantitative estimate of drug-likeness (QED) is 0.480. The monoisotopic (exact) mass is 468 g/mol. The molecule has 0 radical (unpaired) electrons. The van der Waals surface area contributed by atoms with Crippen LogP contribution < -0.4 is 0 Å². The Morgan fingerprint density at radius 3 is 2.15 bits per heavy atom. The molecule has 1 heterocycles. The van der Waals surface area contributed by atoms with Crippen molar-refractivity contribution < 1.29 is 9.59 Å². The number of carbonyl (C=O) groups excluding carboxylic acids is 2. The van der Waals surface area contributed by atoms with E-state index in [-0.39, 0.29) is 22.9 Å². The largest absolute Gasteiger partial charge is 0.299 e. The number of thiophene rings is 1. The molecule has 5 unspecified atom stereocenters. The highest BCUT2D eigenvalue weighted by molar-refractivity contribution is 7.16. The Kier molecular flexibility index (Phi) is 3.81. The first-order valence-electron chi connectivity index (χ1n) is 13.4. The van der Waals surface area contributed by atoms with Gasteiger partial charge in [-0.25, -0.2) is 0 Å². The van der Waals surface area contributed by atoms with Crippen LogP contribution in [0.1, 0.15) is 69.2 Å². The number of rotatable bonds is 4. The molecule has 2 nitrogen and oxygen atoms in total. The van der Waals surface area contributed by atoms with Crippen molar-refractivity contribution in [3.05, 3.63) is 52.4 Å². The molecule has 0 N–H and O–H groups in total. The van der Waals surface area contributed by atoms with Gasteiger partial charge in [0, 0.05) is 20.7 Å². The van der Waals surface area contributed by atoms with Crippen LogP contribution in [0.4, 0.5) is 0 Å². The normalized spacial score (nSPS) is 40.9. The van der Waals surface area contributed by atoms with Crippen LogP contribution in [0, 0.1) is 40.9 Å². The molecular weight excluding hydrogens is 436 g/mol. The number of ketones is 2. The SMILES string of the molecule is CC(=O)C1=C(C2CC2)c2cc(-c3ccccc3)sc2C2(C3CC4CC5CC2CC45C3)C1C(C)=O. The smallest absolute Gasteiger partial charge is 0.156 e. The number of Topliss-reactive ketones (excluding diaryl/α,β-unsaturated/α-hetero) is 2. The van der Waals surface area contributed by atoms with E-state index in [0.717, 1.165) is 30.3 Å². The van der Waals surface area contributed by atoms with Crippen LogP contribution in [0.25, 0.3) is 16.0 Å². The van der Waals surface area contributed by atoms with Crippen LogP contribution in [0.5, 0.6) is 0 Å². The average Bonchev–Trinajstić information content (AvgIpc) is 3.43. The standard InChI is InChI=1S/C31H32O2S/c1-16(32)26-27(19-8-9-19)24-13-25(18-6-4-3-5-7-18)34-29(24)31(28(26)17(2)33)22-11-20-10-21-12-23(31)15-30(20,21)14-22/h3-7,13,19-23,28H,8-12,14-15H2,1-2H3. The molecule has 1 aromatic carbocycles. The first-order valence-corrected chi connectivity index (χ1v) is 14.2. The molecule has 2 aromatic rings. The Morgan fingerprint density at radius 1 is 0.912 bits per heavy atom. The Balaban J connectivity index is 1.44. The van der Waals surface area contributed by atoms with E-state index >= 15 is 0 Å². The molecule has 3 bridgehead atoms. The van der Waals surface area contributed by atoms with Gasteiger partial charge in [-0.15, -0.1) is 11.3 Å². The number of hydrogen-bond donors (Lipinski definition) is 0. The lowest BCUT2D eigenvalue weighted by Gasteiger charge is -2.54. The van der Waals surface area contributed by atoms with Crippen molar-refractivity contribution in [1.82, 2.24) is 0 Å². The van der Waals surface area contributed by atoms with Gasteiger partial charge in [0.25, 0.3) is 0 Å². The maximum atomic E-state index is 13.7. The third-order valence-electron chi connectivity index (χ3n) is 11.2. The molecule has 5 fully saturated rings. The summed E-state index contributed by atoms with van der Waals surface area (Å²) in [6.45, 7) is 3.54. The minimum Gasteiger partial charge on any atom is -0.299 e. The minimum atomic E-state index is -0.237. The van der Waals surface area contributed by atoms with Crippen molar-refractivity contribution in [2.45, 2.75) is 64.2 Å². The summed E-state index contributed by atoms with van der Waals surface area (Å²) in [7, 11) is 0. The lowest BCUT2D eigenvalue weighted by molar-refractivity contribution is -0.127. The van der Waals surface area contributed by atoms with Gasteiger partial charge in [-0.1, -0.05) is 30.3 Å². The lowest BCUT2D eigenvalue weighted by Crippen LogP contribution is -2.54. The van der Waals surface area contributed by atoms with Crippen LogP contribution in [-0.2, 0) is 15.0 Å². The summed E-state index contributed by atoms with van der Waals surface area (Å²) in [6, 6.07) is 13.2. The molecule has 6 aliphatic carbocycles. The zero-order valence-corrected chi connectivity index (χ0v) is 20.9. The highest BCUT2D eigenvalue weighted by Crippen LogP contribution is 2.82. The molecule has 5 atom stereocenters. The van der Waals surface area contributed by atoms with E-state index in [1.807, 2.05) is 11.3 Å². The first kappa shape index (κ1) is 20.2. The molecular formula is C31H32O2S. The number of carbonyl (C=O) groups is 2. The summed E-state index contributed by atoms with van der Waals surface area (Å²) in [6.07, 6.45) is 8.87. The summed E-state index contributed by atoms with van der Waals surface area (Å²) in [5.74, 6) is 3.44. The van der Waals surface area contributed by atoms with E-state index in [4.69, 9.17) is 0 Å². The van der Waals surface area contributed by atoms with Crippen molar-refractivity contribution in [2.24, 2.45) is 40.9 Å². The molecule has 6 aliphatic rings. The summed E-state index contributed by atoms with van der Waals surface area (Å²) >= 11 is 1.97. The number of hydrogen-bond acceptors (Lipinski definition) is 3. The molecule has 8 rings (SSSR count). The second kappa shape index (κ2) is 6.40. The molecule has 2 spiro atoms. The molecule has 0 amide bonds. The number of fused-ring (bicyclic) bond motifs is 6. The summed E-state index contributed by atoms with van der Waals surface area (Å²) in [4.78, 5) is 30.0. The van der Waals surface area contributed by atoms with Gasteiger partial charge in [0.1, 0.15) is 5.78 Å². The predicted octanol–water partition coefficient (Wildman–Crippen LogP) is 7.08. The molecule has 5 saturated carbocycles. The first-order chi connectivity index (χ1) is 16.4. The third kappa shape index (κ3) is 2.20. The van der Waals surface area contributed by atoms with Crippen LogP contribution in [-0.4, -0.2) is 11.6 Å².